The Morgan fingerprint density at radius 3 is 2.35 bits per heavy atom. The third-order valence-corrected chi connectivity index (χ3v) is 4.09. The molecule has 120 valence electrons. The Kier molecular flexibility index (Phi) is 4.93. The van der Waals surface area contributed by atoms with Gasteiger partial charge in [0.25, 0.3) is 5.91 Å². The normalized spacial score (nSPS) is 15.4. The van der Waals surface area contributed by atoms with Crippen molar-refractivity contribution in [3.05, 3.63) is 65.7 Å². The maximum Gasteiger partial charge on any atom is 0.253 e. The number of rotatable bonds is 5. The zero-order valence-corrected chi connectivity index (χ0v) is 13.0. The lowest BCUT2D eigenvalue weighted by molar-refractivity contribution is 0.0792. The monoisotopic (exact) mass is 311 g/mol. The summed E-state index contributed by atoms with van der Waals surface area (Å²) in [6, 6.07) is 16.5. The van der Waals surface area contributed by atoms with Crippen LogP contribution in [-0.2, 0) is 0 Å². The van der Waals surface area contributed by atoms with E-state index < -0.39 is 6.10 Å². The van der Waals surface area contributed by atoms with E-state index in [1.54, 1.807) is 24.3 Å². The quantitative estimate of drug-likeness (QED) is 0.923. The summed E-state index contributed by atoms with van der Waals surface area (Å²) >= 11 is 0. The Hall–Kier alpha value is -2.33. The first-order valence-electron chi connectivity index (χ1n) is 7.99. The van der Waals surface area contributed by atoms with Gasteiger partial charge in [-0.25, -0.2) is 0 Å². The SMILES string of the molecule is O=C(c1ccc(OCC(O)c2ccccc2)cc1)N1CCCC1. The van der Waals surface area contributed by atoms with Crippen molar-refractivity contribution in [2.75, 3.05) is 19.7 Å². The first kappa shape index (κ1) is 15.6. The Bertz CT molecular complexity index is 633. The number of carbonyl (C=O) groups excluding carboxylic acids is 1. The lowest BCUT2D eigenvalue weighted by atomic mass is 10.1. The molecule has 2 aromatic carbocycles. The summed E-state index contributed by atoms with van der Waals surface area (Å²) in [5, 5.41) is 10.1. The second-order valence-electron chi connectivity index (χ2n) is 5.76. The average Bonchev–Trinajstić information content (AvgIpc) is 3.15. The molecule has 0 saturated carbocycles. The molecule has 3 rings (SSSR count). The smallest absolute Gasteiger partial charge is 0.253 e. The van der Waals surface area contributed by atoms with Crippen molar-refractivity contribution in [1.29, 1.82) is 0 Å². The fourth-order valence-electron chi connectivity index (χ4n) is 2.74. The van der Waals surface area contributed by atoms with E-state index in [1.165, 1.54) is 0 Å². The van der Waals surface area contributed by atoms with E-state index in [2.05, 4.69) is 0 Å². The van der Waals surface area contributed by atoms with E-state index in [-0.39, 0.29) is 12.5 Å². The molecule has 0 radical (unpaired) electrons. The molecule has 1 amide bonds. The highest BCUT2D eigenvalue weighted by atomic mass is 16.5. The number of amides is 1. The molecule has 0 aromatic heterocycles. The Balaban J connectivity index is 1.56. The molecule has 0 spiro atoms. The van der Waals surface area contributed by atoms with Crippen LogP contribution in [0, 0.1) is 0 Å². The number of hydrogen-bond acceptors (Lipinski definition) is 3. The van der Waals surface area contributed by atoms with Gasteiger partial charge in [0.05, 0.1) is 0 Å². The molecule has 0 aliphatic carbocycles. The fourth-order valence-corrected chi connectivity index (χ4v) is 2.74. The minimum Gasteiger partial charge on any atom is -0.491 e. The third-order valence-electron chi connectivity index (χ3n) is 4.09. The standard InChI is InChI=1S/C19H21NO3/c21-18(15-6-2-1-3-7-15)14-23-17-10-8-16(9-11-17)19(22)20-12-4-5-13-20/h1-3,6-11,18,21H,4-5,12-14H2. The zero-order chi connectivity index (χ0) is 16.1. The molecule has 1 atom stereocenters. The molecule has 1 unspecified atom stereocenters. The van der Waals surface area contributed by atoms with Crippen molar-refractivity contribution in [2.24, 2.45) is 0 Å². The van der Waals surface area contributed by atoms with E-state index in [0.29, 0.717) is 11.3 Å². The number of likely N-dealkylation sites (tertiary alicyclic amines) is 1. The van der Waals surface area contributed by atoms with Gasteiger partial charge in [0, 0.05) is 18.7 Å². The minimum atomic E-state index is -0.665. The van der Waals surface area contributed by atoms with E-state index in [4.69, 9.17) is 4.74 Å². The molecule has 4 nitrogen and oxygen atoms in total. The van der Waals surface area contributed by atoms with E-state index in [0.717, 1.165) is 31.5 Å². The highest BCUT2D eigenvalue weighted by molar-refractivity contribution is 5.94. The van der Waals surface area contributed by atoms with Crippen molar-refractivity contribution in [3.8, 4) is 5.75 Å². The molecule has 2 aromatic rings. The zero-order valence-electron chi connectivity index (χ0n) is 13.0. The van der Waals surface area contributed by atoms with Crippen LogP contribution in [0.4, 0.5) is 0 Å². The topological polar surface area (TPSA) is 49.8 Å². The summed E-state index contributed by atoms with van der Waals surface area (Å²) in [5.41, 5.74) is 1.51. The van der Waals surface area contributed by atoms with Gasteiger partial charge in [-0.1, -0.05) is 30.3 Å². The van der Waals surface area contributed by atoms with Crippen molar-refractivity contribution in [2.45, 2.75) is 18.9 Å². The Labute approximate surface area is 136 Å². The lowest BCUT2D eigenvalue weighted by Crippen LogP contribution is -2.27. The molecule has 1 aliphatic rings. The highest BCUT2D eigenvalue weighted by Crippen LogP contribution is 2.19. The number of aliphatic hydroxyl groups is 1. The Morgan fingerprint density at radius 1 is 1.04 bits per heavy atom. The number of hydrogen-bond donors (Lipinski definition) is 1. The number of ether oxygens (including phenoxy) is 1. The van der Waals surface area contributed by atoms with Crippen LogP contribution in [0.1, 0.15) is 34.9 Å². The van der Waals surface area contributed by atoms with Crippen LogP contribution >= 0.6 is 0 Å². The highest BCUT2D eigenvalue weighted by Gasteiger charge is 2.19. The number of carbonyl (C=O) groups is 1. The van der Waals surface area contributed by atoms with Gasteiger partial charge in [-0.3, -0.25) is 4.79 Å². The van der Waals surface area contributed by atoms with E-state index in [1.807, 2.05) is 35.2 Å². The third kappa shape index (κ3) is 3.90. The summed E-state index contributed by atoms with van der Waals surface area (Å²) in [4.78, 5) is 14.1. The fraction of sp³-hybridized carbons (Fsp3) is 0.316. The van der Waals surface area contributed by atoms with Gasteiger partial charge in [-0.05, 0) is 42.7 Å². The van der Waals surface area contributed by atoms with Crippen LogP contribution < -0.4 is 4.74 Å². The van der Waals surface area contributed by atoms with Crippen LogP contribution in [0.5, 0.6) is 5.75 Å². The molecule has 1 aliphatic heterocycles. The van der Waals surface area contributed by atoms with Gasteiger partial charge in [0.15, 0.2) is 0 Å². The predicted molar refractivity (Wildman–Crippen MR) is 88.5 cm³/mol. The predicted octanol–water partition coefficient (Wildman–Crippen LogP) is 3.04. The largest absolute Gasteiger partial charge is 0.491 e. The second-order valence-corrected chi connectivity index (χ2v) is 5.76. The van der Waals surface area contributed by atoms with Gasteiger partial charge in [0.2, 0.25) is 0 Å². The lowest BCUT2D eigenvalue weighted by Gasteiger charge is -2.16. The summed E-state index contributed by atoms with van der Waals surface area (Å²) in [6.45, 7) is 1.88. The Morgan fingerprint density at radius 2 is 1.70 bits per heavy atom. The maximum absolute atomic E-state index is 12.3. The van der Waals surface area contributed by atoms with Crippen molar-refractivity contribution in [1.82, 2.24) is 4.90 Å². The minimum absolute atomic E-state index is 0.0818. The van der Waals surface area contributed by atoms with E-state index in [9.17, 15) is 9.90 Å². The van der Waals surface area contributed by atoms with Gasteiger partial charge < -0.3 is 14.7 Å². The molecule has 4 heteroatoms. The first-order chi connectivity index (χ1) is 11.2. The van der Waals surface area contributed by atoms with Crippen molar-refractivity contribution < 1.29 is 14.6 Å². The molecule has 23 heavy (non-hydrogen) atoms. The van der Waals surface area contributed by atoms with Crippen molar-refractivity contribution >= 4 is 5.91 Å². The molecule has 1 heterocycles. The van der Waals surface area contributed by atoms with Gasteiger partial charge in [-0.15, -0.1) is 0 Å². The summed E-state index contributed by atoms with van der Waals surface area (Å²) < 4.78 is 5.61. The average molecular weight is 311 g/mol. The molecule has 0 bridgehead atoms. The van der Waals surface area contributed by atoms with E-state index >= 15 is 0 Å². The van der Waals surface area contributed by atoms with Crippen LogP contribution in [0.3, 0.4) is 0 Å². The summed E-state index contributed by atoms with van der Waals surface area (Å²) in [5.74, 6) is 0.733. The molecular formula is C19H21NO3. The number of benzene rings is 2. The second kappa shape index (κ2) is 7.29. The molecule has 1 saturated heterocycles. The summed E-state index contributed by atoms with van der Waals surface area (Å²) in [7, 11) is 0. The van der Waals surface area contributed by atoms with Gasteiger partial charge >= 0.3 is 0 Å². The summed E-state index contributed by atoms with van der Waals surface area (Å²) in [6.07, 6.45) is 1.51. The maximum atomic E-state index is 12.3. The van der Waals surface area contributed by atoms with Crippen LogP contribution in [-0.4, -0.2) is 35.6 Å². The van der Waals surface area contributed by atoms with Gasteiger partial charge in [0.1, 0.15) is 18.5 Å². The molecule has 1 fully saturated rings. The van der Waals surface area contributed by atoms with Crippen LogP contribution in [0.15, 0.2) is 54.6 Å². The number of aliphatic hydroxyl groups excluding tert-OH is 1. The van der Waals surface area contributed by atoms with Gasteiger partial charge in [-0.2, -0.15) is 0 Å². The number of nitrogens with zero attached hydrogens (tertiary/aromatic N) is 1. The molecular weight excluding hydrogens is 290 g/mol. The van der Waals surface area contributed by atoms with Crippen molar-refractivity contribution in [3.63, 3.8) is 0 Å². The van der Waals surface area contributed by atoms with Crippen LogP contribution in [0.25, 0.3) is 0 Å². The molecule has 1 N–H and O–H groups in total. The first-order valence-corrected chi connectivity index (χ1v) is 7.99. The van der Waals surface area contributed by atoms with Crippen LogP contribution in [0.2, 0.25) is 0 Å².